The maximum Gasteiger partial charge on any atom is 0.340 e. The zero-order chi connectivity index (χ0) is 13.3. The number of nitrogens with zero attached hydrogens (tertiary/aromatic N) is 1. The van der Waals surface area contributed by atoms with Crippen molar-refractivity contribution >= 4 is 32.9 Å². The molecule has 0 aliphatic heterocycles. The van der Waals surface area contributed by atoms with Crippen molar-refractivity contribution in [2.75, 3.05) is 6.61 Å². The largest absolute Gasteiger partial charge is 0.462 e. The van der Waals surface area contributed by atoms with Crippen LogP contribution in [-0.2, 0) is 4.74 Å². The van der Waals surface area contributed by atoms with Crippen molar-refractivity contribution in [1.82, 2.24) is 9.97 Å². The van der Waals surface area contributed by atoms with Crippen LogP contribution >= 0.6 is 15.9 Å². The molecular formula is C12H11BrN2O3. The van der Waals surface area contributed by atoms with Gasteiger partial charge in [0.2, 0.25) is 0 Å². The van der Waals surface area contributed by atoms with Gasteiger partial charge in [-0.3, -0.25) is 9.78 Å². The molecule has 2 aromatic heterocycles. The van der Waals surface area contributed by atoms with Crippen molar-refractivity contribution in [3.63, 3.8) is 0 Å². The van der Waals surface area contributed by atoms with Gasteiger partial charge < -0.3 is 9.72 Å². The fraction of sp³-hybridized carbons (Fsp3) is 0.250. The molecule has 2 aromatic rings. The number of hydrogen-bond acceptors (Lipinski definition) is 4. The van der Waals surface area contributed by atoms with Crippen molar-refractivity contribution in [1.29, 1.82) is 0 Å². The first-order chi connectivity index (χ1) is 8.54. The van der Waals surface area contributed by atoms with Gasteiger partial charge in [-0.05, 0) is 35.8 Å². The van der Waals surface area contributed by atoms with Gasteiger partial charge in [-0.25, -0.2) is 4.79 Å². The molecule has 0 aliphatic rings. The van der Waals surface area contributed by atoms with Crippen LogP contribution in [0.1, 0.15) is 22.8 Å². The van der Waals surface area contributed by atoms with Crippen molar-refractivity contribution in [3.05, 3.63) is 38.2 Å². The van der Waals surface area contributed by atoms with Crippen LogP contribution in [0.2, 0.25) is 0 Å². The highest BCUT2D eigenvalue weighted by molar-refractivity contribution is 9.10. The number of pyridine rings is 2. The zero-order valence-electron chi connectivity index (χ0n) is 9.91. The Labute approximate surface area is 111 Å². The summed E-state index contributed by atoms with van der Waals surface area (Å²) in [6.07, 6.45) is 1.57. The van der Waals surface area contributed by atoms with Crippen LogP contribution in [0, 0.1) is 6.92 Å². The van der Waals surface area contributed by atoms with Gasteiger partial charge in [-0.2, -0.15) is 0 Å². The summed E-state index contributed by atoms with van der Waals surface area (Å²) in [5, 5.41) is 0. The van der Waals surface area contributed by atoms with E-state index in [4.69, 9.17) is 4.74 Å². The highest BCUT2D eigenvalue weighted by atomic mass is 79.9. The summed E-state index contributed by atoms with van der Waals surface area (Å²) in [5.74, 6) is -0.527. The molecule has 0 fully saturated rings. The van der Waals surface area contributed by atoms with Gasteiger partial charge in [-0.1, -0.05) is 0 Å². The van der Waals surface area contributed by atoms with Crippen LogP contribution < -0.4 is 5.56 Å². The first-order valence-electron chi connectivity index (χ1n) is 5.39. The molecule has 0 aromatic carbocycles. The maximum atomic E-state index is 11.9. The van der Waals surface area contributed by atoms with Crippen molar-refractivity contribution in [2.45, 2.75) is 13.8 Å². The van der Waals surface area contributed by atoms with Crippen molar-refractivity contribution < 1.29 is 9.53 Å². The molecule has 0 spiro atoms. The van der Waals surface area contributed by atoms with Gasteiger partial charge >= 0.3 is 5.97 Å². The molecule has 1 N–H and O–H groups in total. The van der Waals surface area contributed by atoms with E-state index >= 15 is 0 Å². The minimum absolute atomic E-state index is 0.225. The molecule has 0 saturated carbocycles. The molecule has 94 valence electrons. The summed E-state index contributed by atoms with van der Waals surface area (Å²) in [4.78, 5) is 30.5. The Hall–Kier alpha value is -1.69. The minimum atomic E-state index is -0.527. The number of aromatic nitrogens is 2. The SMILES string of the molecule is CCOC(=O)c1c(C)c(=O)[nH]c2cc(Br)cnc12. The Kier molecular flexibility index (Phi) is 3.47. The fourth-order valence-corrected chi connectivity index (χ4v) is 2.03. The van der Waals surface area contributed by atoms with E-state index in [0.717, 1.165) is 4.47 Å². The quantitative estimate of drug-likeness (QED) is 0.863. The highest BCUT2D eigenvalue weighted by Gasteiger charge is 2.18. The van der Waals surface area contributed by atoms with Gasteiger partial charge in [0.1, 0.15) is 5.52 Å². The molecule has 0 unspecified atom stereocenters. The van der Waals surface area contributed by atoms with E-state index in [2.05, 4.69) is 25.9 Å². The fourth-order valence-electron chi connectivity index (χ4n) is 1.69. The molecule has 2 heterocycles. The molecule has 0 aliphatic carbocycles. The van der Waals surface area contributed by atoms with Crippen LogP contribution in [0.3, 0.4) is 0 Å². The number of H-pyrrole nitrogens is 1. The lowest BCUT2D eigenvalue weighted by molar-refractivity contribution is 0.0527. The zero-order valence-corrected chi connectivity index (χ0v) is 11.5. The molecule has 2 rings (SSSR count). The van der Waals surface area contributed by atoms with Crippen LogP contribution in [-0.4, -0.2) is 22.5 Å². The van der Waals surface area contributed by atoms with Gasteiger partial charge in [0, 0.05) is 16.2 Å². The smallest absolute Gasteiger partial charge is 0.340 e. The van der Waals surface area contributed by atoms with E-state index in [1.807, 2.05) is 0 Å². The Morgan fingerprint density at radius 3 is 2.94 bits per heavy atom. The van der Waals surface area contributed by atoms with Gasteiger partial charge in [0.25, 0.3) is 5.56 Å². The number of rotatable bonds is 2. The normalized spacial score (nSPS) is 10.6. The monoisotopic (exact) mass is 310 g/mol. The second-order valence-corrected chi connectivity index (χ2v) is 4.64. The molecule has 0 radical (unpaired) electrons. The van der Waals surface area contributed by atoms with Gasteiger partial charge in [-0.15, -0.1) is 0 Å². The Balaban J connectivity index is 2.80. The maximum absolute atomic E-state index is 11.9. The average Bonchev–Trinajstić information content (AvgIpc) is 2.31. The number of aromatic amines is 1. The minimum Gasteiger partial charge on any atom is -0.462 e. The first kappa shape index (κ1) is 12.8. The third-order valence-electron chi connectivity index (χ3n) is 2.53. The van der Waals surface area contributed by atoms with Crippen LogP contribution in [0.25, 0.3) is 11.0 Å². The van der Waals surface area contributed by atoms with E-state index in [-0.39, 0.29) is 17.7 Å². The molecule has 0 amide bonds. The first-order valence-corrected chi connectivity index (χ1v) is 6.19. The second kappa shape index (κ2) is 4.89. The topological polar surface area (TPSA) is 72.1 Å². The summed E-state index contributed by atoms with van der Waals surface area (Å²) in [7, 11) is 0. The van der Waals surface area contributed by atoms with Gasteiger partial charge in [0.05, 0.1) is 17.7 Å². The number of carbonyl (C=O) groups excluding carboxylic acids is 1. The lowest BCUT2D eigenvalue weighted by Gasteiger charge is -2.08. The van der Waals surface area contributed by atoms with E-state index in [0.29, 0.717) is 16.6 Å². The predicted octanol–water partition coefficient (Wildman–Crippen LogP) is 2.17. The summed E-state index contributed by atoms with van der Waals surface area (Å²) >= 11 is 3.27. The van der Waals surface area contributed by atoms with E-state index < -0.39 is 5.97 Å². The number of esters is 1. The molecular weight excluding hydrogens is 300 g/mol. The highest BCUT2D eigenvalue weighted by Crippen LogP contribution is 2.20. The Morgan fingerprint density at radius 1 is 1.56 bits per heavy atom. The molecule has 0 atom stereocenters. The molecule has 0 saturated heterocycles. The van der Waals surface area contributed by atoms with Gasteiger partial charge in [0.15, 0.2) is 0 Å². The number of halogens is 1. The Morgan fingerprint density at radius 2 is 2.28 bits per heavy atom. The summed E-state index contributed by atoms with van der Waals surface area (Å²) in [5.41, 5.74) is 1.17. The molecule has 18 heavy (non-hydrogen) atoms. The van der Waals surface area contributed by atoms with Crippen molar-refractivity contribution in [3.8, 4) is 0 Å². The summed E-state index contributed by atoms with van der Waals surface area (Å²) in [6.45, 7) is 3.55. The summed E-state index contributed by atoms with van der Waals surface area (Å²) < 4.78 is 5.68. The van der Waals surface area contributed by atoms with Crippen molar-refractivity contribution in [2.24, 2.45) is 0 Å². The predicted molar refractivity (Wildman–Crippen MR) is 70.8 cm³/mol. The molecule has 6 heteroatoms. The Bertz CT molecular complexity index is 679. The van der Waals surface area contributed by atoms with Crippen LogP contribution in [0.15, 0.2) is 21.5 Å². The number of fused-ring (bicyclic) bond motifs is 1. The van der Waals surface area contributed by atoms with Crippen LogP contribution in [0.4, 0.5) is 0 Å². The lowest BCUT2D eigenvalue weighted by Crippen LogP contribution is -2.18. The van der Waals surface area contributed by atoms with Crippen LogP contribution in [0.5, 0.6) is 0 Å². The second-order valence-electron chi connectivity index (χ2n) is 3.72. The summed E-state index contributed by atoms with van der Waals surface area (Å²) in [6, 6.07) is 1.70. The molecule has 5 nitrogen and oxygen atoms in total. The molecule has 0 bridgehead atoms. The van der Waals surface area contributed by atoms with E-state index in [1.54, 1.807) is 26.1 Å². The number of nitrogens with one attached hydrogen (secondary N) is 1. The van der Waals surface area contributed by atoms with E-state index in [9.17, 15) is 9.59 Å². The third-order valence-corrected chi connectivity index (χ3v) is 2.97. The lowest BCUT2D eigenvalue weighted by atomic mass is 10.1. The number of ether oxygens (including phenoxy) is 1. The standard InChI is InChI=1S/C12H11BrN2O3/c1-3-18-12(17)9-6(2)11(16)15-8-4-7(13)5-14-10(8)9/h4-5H,3H2,1-2H3,(H,15,16). The van der Waals surface area contributed by atoms with E-state index in [1.165, 1.54) is 0 Å². The third kappa shape index (κ3) is 2.15. The number of hydrogen-bond donors (Lipinski definition) is 1. The average molecular weight is 311 g/mol. The number of carbonyl (C=O) groups is 1.